The molecule has 84 valence electrons. The van der Waals surface area contributed by atoms with E-state index in [-0.39, 0.29) is 6.10 Å². The minimum atomic E-state index is 0.0849. The molecule has 2 aromatic rings. The van der Waals surface area contributed by atoms with Gasteiger partial charge in [0.2, 0.25) is 5.88 Å². The molecule has 0 unspecified atom stereocenters. The highest BCUT2D eigenvalue weighted by Crippen LogP contribution is 2.27. The number of aromatic nitrogens is 2. The topological polar surface area (TPSA) is 48.2 Å². The van der Waals surface area contributed by atoms with E-state index in [0.29, 0.717) is 5.88 Å². The maximum Gasteiger partial charge on any atom is 0.223 e. The zero-order valence-corrected chi connectivity index (χ0v) is 9.60. The molecule has 0 bridgehead atoms. The van der Waals surface area contributed by atoms with E-state index in [1.807, 2.05) is 39.0 Å². The monoisotopic (exact) mass is 218 g/mol. The second-order valence-electron chi connectivity index (χ2n) is 3.85. The lowest BCUT2D eigenvalue weighted by Gasteiger charge is -2.10. The number of hydrogen-bond acceptors (Lipinski definition) is 4. The molecule has 0 aliphatic carbocycles. The second kappa shape index (κ2) is 4.35. The number of hydrogen-bond donors (Lipinski definition) is 0. The van der Waals surface area contributed by atoms with Crippen LogP contribution >= 0.6 is 0 Å². The first kappa shape index (κ1) is 10.7. The maximum absolute atomic E-state index is 5.62. The first-order chi connectivity index (χ1) is 7.66. The van der Waals surface area contributed by atoms with E-state index < -0.39 is 0 Å². The molecule has 0 saturated heterocycles. The Balaban J connectivity index is 2.40. The minimum Gasteiger partial charge on any atom is -0.474 e. The first-order valence-electron chi connectivity index (χ1n) is 5.22. The van der Waals surface area contributed by atoms with Crippen molar-refractivity contribution in [3.05, 3.63) is 30.2 Å². The van der Waals surface area contributed by atoms with Crippen molar-refractivity contribution < 1.29 is 9.26 Å². The number of pyridine rings is 1. The summed E-state index contributed by atoms with van der Waals surface area (Å²) < 4.78 is 10.7. The van der Waals surface area contributed by atoms with Crippen molar-refractivity contribution in [3.8, 4) is 17.1 Å². The molecule has 0 fully saturated rings. The quantitative estimate of drug-likeness (QED) is 0.794. The van der Waals surface area contributed by atoms with Gasteiger partial charge in [0.15, 0.2) is 0 Å². The average Bonchev–Trinajstić information content (AvgIpc) is 2.65. The van der Waals surface area contributed by atoms with Crippen LogP contribution in [0.3, 0.4) is 0 Å². The van der Waals surface area contributed by atoms with Gasteiger partial charge in [0.25, 0.3) is 0 Å². The fourth-order valence-corrected chi connectivity index (χ4v) is 1.40. The van der Waals surface area contributed by atoms with Gasteiger partial charge in [0.05, 0.1) is 11.7 Å². The van der Waals surface area contributed by atoms with Crippen LogP contribution in [-0.4, -0.2) is 16.2 Å². The maximum atomic E-state index is 5.62. The molecule has 0 spiro atoms. The van der Waals surface area contributed by atoms with Gasteiger partial charge in [-0.1, -0.05) is 5.16 Å². The molecular weight excluding hydrogens is 204 g/mol. The summed E-state index contributed by atoms with van der Waals surface area (Å²) in [5.74, 6) is 1.36. The Morgan fingerprint density at radius 1 is 1.38 bits per heavy atom. The lowest BCUT2D eigenvalue weighted by Crippen LogP contribution is -2.07. The minimum absolute atomic E-state index is 0.0849. The third-order valence-corrected chi connectivity index (χ3v) is 2.02. The highest BCUT2D eigenvalue weighted by atomic mass is 16.5. The molecule has 0 aliphatic heterocycles. The van der Waals surface area contributed by atoms with Crippen LogP contribution in [0.2, 0.25) is 0 Å². The van der Waals surface area contributed by atoms with Crippen molar-refractivity contribution in [2.24, 2.45) is 0 Å². The molecule has 0 aliphatic rings. The molecule has 0 atom stereocenters. The Bertz CT molecular complexity index is 477. The largest absolute Gasteiger partial charge is 0.474 e. The zero-order valence-electron chi connectivity index (χ0n) is 9.60. The van der Waals surface area contributed by atoms with Crippen LogP contribution in [0.1, 0.15) is 19.6 Å². The molecule has 4 nitrogen and oxygen atoms in total. The van der Waals surface area contributed by atoms with E-state index >= 15 is 0 Å². The normalized spacial score (nSPS) is 10.8. The van der Waals surface area contributed by atoms with Gasteiger partial charge >= 0.3 is 0 Å². The third-order valence-electron chi connectivity index (χ3n) is 2.02. The predicted molar refractivity (Wildman–Crippen MR) is 60.2 cm³/mol. The van der Waals surface area contributed by atoms with Crippen molar-refractivity contribution in [1.82, 2.24) is 10.1 Å². The fourth-order valence-electron chi connectivity index (χ4n) is 1.40. The van der Waals surface area contributed by atoms with Crippen LogP contribution in [-0.2, 0) is 0 Å². The summed E-state index contributed by atoms with van der Waals surface area (Å²) in [4.78, 5) is 4.20. The van der Waals surface area contributed by atoms with E-state index in [1.165, 1.54) is 0 Å². The lowest BCUT2D eigenvalue weighted by molar-refractivity contribution is 0.233. The predicted octanol–water partition coefficient (Wildman–Crippen LogP) is 2.83. The molecule has 0 amide bonds. The second-order valence-corrected chi connectivity index (χ2v) is 3.85. The Kier molecular flexibility index (Phi) is 2.90. The molecule has 0 aromatic carbocycles. The molecule has 16 heavy (non-hydrogen) atoms. The molecule has 0 N–H and O–H groups in total. The Labute approximate surface area is 94.2 Å². The molecular formula is C12H14N2O2. The van der Waals surface area contributed by atoms with Crippen molar-refractivity contribution >= 4 is 0 Å². The van der Waals surface area contributed by atoms with Gasteiger partial charge in [-0.2, -0.15) is 0 Å². The third kappa shape index (κ3) is 2.21. The summed E-state index contributed by atoms with van der Waals surface area (Å²) in [5, 5.41) is 3.96. The van der Waals surface area contributed by atoms with Crippen LogP contribution in [0.4, 0.5) is 0 Å². The van der Waals surface area contributed by atoms with E-state index in [0.717, 1.165) is 17.0 Å². The van der Waals surface area contributed by atoms with E-state index in [9.17, 15) is 0 Å². The van der Waals surface area contributed by atoms with Crippen molar-refractivity contribution in [2.75, 3.05) is 0 Å². The SMILES string of the molecule is Cc1cc(-c2cccnc2OC(C)C)no1. The molecule has 2 aromatic heterocycles. The fraction of sp³-hybridized carbons (Fsp3) is 0.333. The van der Waals surface area contributed by atoms with Crippen molar-refractivity contribution in [1.29, 1.82) is 0 Å². The smallest absolute Gasteiger partial charge is 0.223 e. The van der Waals surface area contributed by atoms with E-state index in [2.05, 4.69) is 10.1 Å². The van der Waals surface area contributed by atoms with Crippen LogP contribution in [0.5, 0.6) is 5.88 Å². The van der Waals surface area contributed by atoms with Gasteiger partial charge in [-0.25, -0.2) is 4.98 Å². The molecule has 0 saturated carbocycles. The zero-order chi connectivity index (χ0) is 11.5. The molecule has 0 radical (unpaired) electrons. The summed E-state index contributed by atoms with van der Waals surface area (Å²) in [6.45, 7) is 5.79. The average molecular weight is 218 g/mol. The van der Waals surface area contributed by atoms with Gasteiger partial charge in [-0.3, -0.25) is 0 Å². The number of rotatable bonds is 3. The van der Waals surface area contributed by atoms with Gasteiger partial charge in [-0.05, 0) is 32.9 Å². The Morgan fingerprint density at radius 3 is 2.81 bits per heavy atom. The summed E-state index contributed by atoms with van der Waals surface area (Å²) in [6, 6.07) is 5.64. The summed E-state index contributed by atoms with van der Waals surface area (Å²) in [6.07, 6.45) is 1.79. The van der Waals surface area contributed by atoms with Crippen LogP contribution in [0.25, 0.3) is 11.3 Å². The van der Waals surface area contributed by atoms with Gasteiger partial charge in [0, 0.05) is 12.3 Å². The standard InChI is InChI=1S/C12H14N2O2/c1-8(2)15-12-10(5-4-6-13-12)11-7-9(3)16-14-11/h4-8H,1-3H3. The highest BCUT2D eigenvalue weighted by Gasteiger charge is 2.12. The van der Waals surface area contributed by atoms with Crippen molar-refractivity contribution in [2.45, 2.75) is 26.9 Å². The number of ether oxygens (including phenoxy) is 1. The van der Waals surface area contributed by atoms with Crippen molar-refractivity contribution in [3.63, 3.8) is 0 Å². The van der Waals surface area contributed by atoms with Crippen LogP contribution < -0.4 is 4.74 Å². The lowest BCUT2D eigenvalue weighted by atomic mass is 10.2. The van der Waals surface area contributed by atoms with Gasteiger partial charge < -0.3 is 9.26 Å². The van der Waals surface area contributed by atoms with Crippen LogP contribution in [0, 0.1) is 6.92 Å². The Hall–Kier alpha value is -1.84. The number of aryl methyl sites for hydroxylation is 1. The van der Waals surface area contributed by atoms with Crippen LogP contribution in [0.15, 0.2) is 28.9 Å². The Morgan fingerprint density at radius 2 is 2.19 bits per heavy atom. The highest BCUT2D eigenvalue weighted by molar-refractivity contribution is 5.64. The summed E-state index contributed by atoms with van der Waals surface area (Å²) in [5.41, 5.74) is 1.61. The summed E-state index contributed by atoms with van der Waals surface area (Å²) in [7, 11) is 0. The molecule has 2 heterocycles. The van der Waals surface area contributed by atoms with Gasteiger partial charge in [0.1, 0.15) is 11.5 Å². The molecule has 2 rings (SSSR count). The molecule has 4 heteroatoms. The number of nitrogens with zero attached hydrogens (tertiary/aromatic N) is 2. The summed E-state index contributed by atoms with van der Waals surface area (Å²) >= 11 is 0. The van der Waals surface area contributed by atoms with E-state index in [4.69, 9.17) is 9.26 Å². The first-order valence-corrected chi connectivity index (χ1v) is 5.22. The van der Waals surface area contributed by atoms with E-state index in [1.54, 1.807) is 6.20 Å². The van der Waals surface area contributed by atoms with Gasteiger partial charge in [-0.15, -0.1) is 0 Å².